The maximum absolute atomic E-state index is 12.4. The minimum Gasteiger partial charge on any atom is -0.383 e. The molecule has 1 fully saturated rings. The first-order valence-corrected chi connectivity index (χ1v) is 8.39. The Morgan fingerprint density at radius 2 is 2.30 bits per heavy atom. The Balaban J connectivity index is 1.95. The van der Waals surface area contributed by atoms with Gasteiger partial charge in [-0.1, -0.05) is 6.92 Å². The number of hydrogen-bond acceptors (Lipinski definition) is 4. The summed E-state index contributed by atoms with van der Waals surface area (Å²) in [6, 6.07) is 2.09. The quantitative estimate of drug-likeness (QED) is 0.847. The van der Waals surface area contributed by atoms with Gasteiger partial charge in [0.05, 0.1) is 17.4 Å². The molecule has 0 saturated heterocycles. The van der Waals surface area contributed by atoms with Crippen LogP contribution in [0.1, 0.15) is 43.5 Å². The normalized spacial score (nSPS) is 21.7. The molecule has 5 heteroatoms. The Morgan fingerprint density at radius 3 is 3.05 bits per heavy atom. The molecule has 2 atom stereocenters. The van der Waals surface area contributed by atoms with Gasteiger partial charge in [0.2, 0.25) is 0 Å². The monoisotopic (exact) mass is 293 g/mol. The molecule has 2 rings (SSSR count). The van der Waals surface area contributed by atoms with Gasteiger partial charge in [0.15, 0.2) is 0 Å². The van der Waals surface area contributed by atoms with Gasteiger partial charge in [-0.2, -0.15) is 11.8 Å². The fraction of sp³-hybridized carbons (Fsp3) is 0.600. The molecule has 1 aromatic heterocycles. The van der Waals surface area contributed by atoms with Crippen LogP contribution in [0.2, 0.25) is 0 Å². The van der Waals surface area contributed by atoms with Crippen molar-refractivity contribution >= 4 is 23.4 Å². The molecule has 1 aliphatic carbocycles. The zero-order valence-electron chi connectivity index (χ0n) is 12.2. The number of aromatic nitrogens is 1. The average Bonchev–Trinajstić information content (AvgIpc) is 2.87. The highest BCUT2D eigenvalue weighted by atomic mass is 32.2. The number of nitrogens with one attached hydrogen (secondary N) is 2. The van der Waals surface area contributed by atoms with Gasteiger partial charge in [0, 0.05) is 24.0 Å². The minimum absolute atomic E-state index is 0.00972. The van der Waals surface area contributed by atoms with Crippen molar-refractivity contribution in [1.29, 1.82) is 0 Å². The van der Waals surface area contributed by atoms with E-state index in [1.807, 2.05) is 18.7 Å². The highest BCUT2D eigenvalue weighted by molar-refractivity contribution is 7.99. The van der Waals surface area contributed by atoms with Crippen LogP contribution in [0.15, 0.2) is 18.5 Å². The molecule has 4 nitrogen and oxygen atoms in total. The first kappa shape index (κ1) is 15.2. The van der Waals surface area contributed by atoms with Crippen molar-refractivity contribution in [1.82, 2.24) is 10.3 Å². The average molecular weight is 293 g/mol. The van der Waals surface area contributed by atoms with Crippen LogP contribution in [0.4, 0.5) is 5.69 Å². The number of anilines is 1. The standard InChI is InChI=1S/C15H23N3OS/c1-3-17-14-10-16-8-7-13(14)15(19)18-11-5-6-12(9-11)20-4-2/h7-8,10-12,17H,3-6,9H2,1-2H3,(H,18,19). The van der Waals surface area contributed by atoms with Gasteiger partial charge in [-0.3, -0.25) is 9.78 Å². The lowest BCUT2D eigenvalue weighted by atomic mass is 10.2. The van der Waals surface area contributed by atoms with E-state index >= 15 is 0 Å². The summed E-state index contributed by atoms with van der Waals surface area (Å²) in [5.41, 5.74) is 1.50. The second kappa shape index (κ2) is 7.53. The molecule has 1 heterocycles. The molecule has 110 valence electrons. The minimum atomic E-state index is 0.00972. The van der Waals surface area contributed by atoms with E-state index < -0.39 is 0 Å². The van der Waals surface area contributed by atoms with Crippen LogP contribution in [0.5, 0.6) is 0 Å². The van der Waals surface area contributed by atoms with Gasteiger partial charge in [-0.15, -0.1) is 0 Å². The van der Waals surface area contributed by atoms with Crippen molar-refractivity contribution in [2.45, 2.75) is 44.4 Å². The summed E-state index contributed by atoms with van der Waals surface area (Å²) in [4.78, 5) is 16.4. The molecule has 0 spiro atoms. The van der Waals surface area contributed by atoms with Gasteiger partial charge < -0.3 is 10.6 Å². The van der Waals surface area contributed by atoms with E-state index in [2.05, 4.69) is 22.5 Å². The predicted molar refractivity (Wildman–Crippen MR) is 85.4 cm³/mol. The van der Waals surface area contributed by atoms with Gasteiger partial charge in [0.1, 0.15) is 0 Å². The van der Waals surface area contributed by atoms with Crippen LogP contribution in [0.25, 0.3) is 0 Å². The second-order valence-electron chi connectivity index (χ2n) is 5.01. The van der Waals surface area contributed by atoms with Crippen LogP contribution in [0, 0.1) is 0 Å². The SMILES string of the molecule is CCNc1cnccc1C(=O)NC1CCC(SCC)C1. The van der Waals surface area contributed by atoms with Crippen LogP contribution >= 0.6 is 11.8 Å². The number of amides is 1. The van der Waals surface area contributed by atoms with Crippen LogP contribution in [0.3, 0.4) is 0 Å². The van der Waals surface area contributed by atoms with Crippen LogP contribution < -0.4 is 10.6 Å². The Labute approximate surface area is 125 Å². The van der Waals surface area contributed by atoms with Gasteiger partial charge >= 0.3 is 0 Å². The molecule has 0 bridgehead atoms. The molecule has 1 amide bonds. The summed E-state index contributed by atoms with van der Waals surface area (Å²) in [6.45, 7) is 4.99. The second-order valence-corrected chi connectivity index (χ2v) is 6.59. The molecular formula is C15H23N3OS. The van der Waals surface area contributed by atoms with Crippen molar-refractivity contribution in [3.63, 3.8) is 0 Å². The van der Waals surface area contributed by atoms with Gasteiger partial charge in [-0.25, -0.2) is 0 Å². The Hall–Kier alpha value is -1.23. The van der Waals surface area contributed by atoms with E-state index in [9.17, 15) is 4.79 Å². The topological polar surface area (TPSA) is 54.0 Å². The van der Waals surface area contributed by atoms with E-state index in [0.29, 0.717) is 16.9 Å². The molecule has 20 heavy (non-hydrogen) atoms. The fourth-order valence-electron chi connectivity index (χ4n) is 2.65. The Bertz CT molecular complexity index is 452. The molecule has 1 aromatic rings. The summed E-state index contributed by atoms with van der Waals surface area (Å²) in [5, 5.41) is 7.05. The third-order valence-corrected chi connectivity index (χ3v) is 4.79. The largest absolute Gasteiger partial charge is 0.383 e. The lowest BCUT2D eigenvalue weighted by Gasteiger charge is -2.15. The molecule has 2 N–H and O–H groups in total. The van der Waals surface area contributed by atoms with Gasteiger partial charge in [-0.05, 0) is 38.0 Å². The summed E-state index contributed by atoms with van der Waals surface area (Å²) < 4.78 is 0. The Morgan fingerprint density at radius 1 is 1.45 bits per heavy atom. The summed E-state index contributed by atoms with van der Waals surface area (Å²) in [6.07, 6.45) is 6.76. The number of hydrogen-bond donors (Lipinski definition) is 2. The highest BCUT2D eigenvalue weighted by Crippen LogP contribution is 2.30. The van der Waals surface area contributed by atoms with Crippen LogP contribution in [-0.4, -0.2) is 34.5 Å². The number of pyridine rings is 1. The number of thioether (sulfide) groups is 1. The zero-order valence-corrected chi connectivity index (χ0v) is 13.0. The van der Waals surface area contributed by atoms with E-state index in [4.69, 9.17) is 0 Å². The maximum Gasteiger partial charge on any atom is 0.253 e. The number of carbonyl (C=O) groups is 1. The van der Waals surface area contributed by atoms with E-state index in [-0.39, 0.29) is 5.91 Å². The van der Waals surface area contributed by atoms with E-state index in [0.717, 1.165) is 30.8 Å². The number of carbonyl (C=O) groups excluding carboxylic acids is 1. The summed E-state index contributed by atoms with van der Waals surface area (Å²) in [5.74, 6) is 1.16. The van der Waals surface area contributed by atoms with Crippen molar-refractivity contribution in [2.75, 3.05) is 17.6 Å². The first-order valence-electron chi connectivity index (χ1n) is 7.35. The Kier molecular flexibility index (Phi) is 5.71. The smallest absolute Gasteiger partial charge is 0.253 e. The lowest BCUT2D eigenvalue weighted by molar-refractivity contribution is 0.0938. The van der Waals surface area contributed by atoms with Crippen LogP contribution in [-0.2, 0) is 0 Å². The predicted octanol–water partition coefficient (Wildman–Crippen LogP) is 2.92. The fourth-order valence-corrected chi connectivity index (χ4v) is 3.79. The van der Waals surface area contributed by atoms with Crippen molar-refractivity contribution in [2.24, 2.45) is 0 Å². The molecule has 1 saturated carbocycles. The van der Waals surface area contributed by atoms with Gasteiger partial charge in [0.25, 0.3) is 5.91 Å². The number of rotatable bonds is 6. The van der Waals surface area contributed by atoms with Crippen molar-refractivity contribution < 1.29 is 4.79 Å². The first-order chi connectivity index (χ1) is 9.74. The molecule has 0 aliphatic heterocycles. The molecule has 0 aromatic carbocycles. The molecule has 2 unspecified atom stereocenters. The summed E-state index contributed by atoms with van der Waals surface area (Å²) >= 11 is 2.00. The third kappa shape index (κ3) is 3.88. The van der Waals surface area contributed by atoms with E-state index in [1.54, 1.807) is 18.5 Å². The molecular weight excluding hydrogens is 270 g/mol. The van der Waals surface area contributed by atoms with Crippen molar-refractivity contribution in [3.8, 4) is 0 Å². The van der Waals surface area contributed by atoms with E-state index in [1.165, 1.54) is 6.42 Å². The molecule has 0 radical (unpaired) electrons. The third-order valence-electron chi connectivity index (χ3n) is 3.56. The number of nitrogens with zero attached hydrogens (tertiary/aromatic N) is 1. The maximum atomic E-state index is 12.4. The lowest BCUT2D eigenvalue weighted by Crippen LogP contribution is -2.33. The van der Waals surface area contributed by atoms with Crippen molar-refractivity contribution in [3.05, 3.63) is 24.0 Å². The highest BCUT2D eigenvalue weighted by Gasteiger charge is 2.26. The summed E-state index contributed by atoms with van der Waals surface area (Å²) in [7, 11) is 0. The zero-order chi connectivity index (χ0) is 14.4. The molecule has 1 aliphatic rings.